The Hall–Kier alpha value is -0.570. The van der Waals surface area contributed by atoms with E-state index in [0.29, 0.717) is 5.92 Å². The molecule has 1 rings (SSSR count). The molecule has 1 aliphatic heterocycles. The molecule has 1 N–H and O–H groups in total. The second-order valence-corrected chi connectivity index (χ2v) is 4.32. The summed E-state index contributed by atoms with van der Waals surface area (Å²) in [4.78, 5) is 13.8. The molecular formula is C11H22N2O. The van der Waals surface area contributed by atoms with Crippen LogP contribution in [0.4, 0.5) is 0 Å². The maximum absolute atomic E-state index is 11.8. The van der Waals surface area contributed by atoms with Gasteiger partial charge in [-0.1, -0.05) is 27.2 Å². The lowest BCUT2D eigenvalue weighted by Crippen LogP contribution is -2.39. The Balaban J connectivity index is 2.59. The number of nitrogens with zero attached hydrogens (tertiary/aromatic N) is 1. The highest BCUT2D eigenvalue weighted by Crippen LogP contribution is 2.16. The SMILES string of the molecule is CCC(C)CN1C(=O)C(C)NC1CC. The first-order chi connectivity index (χ1) is 6.60. The summed E-state index contributed by atoms with van der Waals surface area (Å²) in [7, 11) is 0. The minimum absolute atomic E-state index is 0.00371. The van der Waals surface area contributed by atoms with Crippen LogP contribution in [0.3, 0.4) is 0 Å². The standard InChI is InChI=1S/C11H22N2O/c1-5-8(3)7-13-10(6-2)12-9(4)11(13)14/h8-10,12H,5-7H2,1-4H3. The second kappa shape index (κ2) is 4.78. The van der Waals surface area contributed by atoms with Gasteiger partial charge in [0.25, 0.3) is 0 Å². The minimum atomic E-state index is 0.00371. The van der Waals surface area contributed by atoms with Gasteiger partial charge in [0.2, 0.25) is 5.91 Å². The second-order valence-electron chi connectivity index (χ2n) is 4.32. The molecule has 0 bridgehead atoms. The lowest BCUT2D eigenvalue weighted by atomic mass is 10.1. The van der Waals surface area contributed by atoms with Gasteiger partial charge in [-0.05, 0) is 19.3 Å². The van der Waals surface area contributed by atoms with E-state index in [-0.39, 0.29) is 18.1 Å². The van der Waals surface area contributed by atoms with E-state index in [4.69, 9.17) is 0 Å². The Morgan fingerprint density at radius 1 is 1.50 bits per heavy atom. The van der Waals surface area contributed by atoms with Crippen molar-refractivity contribution >= 4 is 5.91 Å². The summed E-state index contributed by atoms with van der Waals surface area (Å²) in [5.41, 5.74) is 0. The van der Waals surface area contributed by atoms with E-state index in [1.165, 1.54) is 0 Å². The third-order valence-electron chi connectivity index (χ3n) is 3.06. The lowest BCUT2D eigenvalue weighted by Gasteiger charge is -2.25. The maximum Gasteiger partial charge on any atom is 0.240 e. The number of hydrogen-bond donors (Lipinski definition) is 1. The lowest BCUT2D eigenvalue weighted by molar-refractivity contribution is -0.130. The summed E-state index contributed by atoms with van der Waals surface area (Å²) in [6.07, 6.45) is 2.38. The van der Waals surface area contributed by atoms with E-state index in [1.807, 2.05) is 11.8 Å². The summed E-state index contributed by atoms with van der Waals surface area (Å²) < 4.78 is 0. The van der Waals surface area contributed by atoms with Crippen LogP contribution in [0.2, 0.25) is 0 Å². The average Bonchev–Trinajstić information content (AvgIpc) is 2.45. The molecule has 3 atom stereocenters. The van der Waals surface area contributed by atoms with Crippen molar-refractivity contribution in [2.75, 3.05) is 6.54 Å². The van der Waals surface area contributed by atoms with Crippen molar-refractivity contribution in [1.29, 1.82) is 0 Å². The number of hydrogen-bond acceptors (Lipinski definition) is 2. The number of carbonyl (C=O) groups is 1. The van der Waals surface area contributed by atoms with Crippen LogP contribution < -0.4 is 5.32 Å². The smallest absolute Gasteiger partial charge is 0.240 e. The molecule has 3 heteroatoms. The quantitative estimate of drug-likeness (QED) is 0.744. The molecule has 0 aromatic heterocycles. The van der Waals surface area contributed by atoms with Crippen LogP contribution in [0.1, 0.15) is 40.5 Å². The zero-order valence-electron chi connectivity index (χ0n) is 9.71. The summed E-state index contributed by atoms with van der Waals surface area (Å²) >= 11 is 0. The van der Waals surface area contributed by atoms with Crippen molar-refractivity contribution in [3.05, 3.63) is 0 Å². The largest absolute Gasteiger partial charge is 0.326 e. The molecule has 0 aromatic rings. The van der Waals surface area contributed by atoms with Gasteiger partial charge in [-0.2, -0.15) is 0 Å². The van der Waals surface area contributed by atoms with E-state index in [9.17, 15) is 4.79 Å². The van der Waals surface area contributed by atoms with Crippen molar-refractivity contribution < 1.29 is 4.79 Å². The fourth-order valence-corrected chi connectivity index (χ4v) is 1.87. The van der Waals surface area contributed by atoms with Crippen LogP contribution in [-0.4, -0.2) is 29.6 Å². The highest BCUT2D eigenvalue weighted by atomic mass is 16.2. The molecule has 0 aliphatic carbocycles. The van der Waals surface area contributed by atoms with Crippen molar-refractivity contribution in [3.63, 3.8) is 0 Å². The molecule has 0 radical (unpaired) electrons. The Labute approximate surface area is 86.9 Å². The molecule has 1 fully saturated rings. The van der Waals surface area contributed by atoms with E-state index >= 15 is 0 Å². The zero-order chi connectivity index (χ0) is 10.7. The summed E-state index contributed by atoms with van der Waals surface area (Å²) in [6, 6.07) is 0.00371. The molecule has 14 heavy (non-hydrogen) atoms. The molecule has 0 aromatic carbocycles. The molecule has 82 valence electrons. The van der Waals surface area contributed by atoms with Gasteiger partial charge >= 0.3 is 0 Å². The maximum atomic E-state index is 11.8. The highest BCUT2D eigenvalue weighted by molar-refractivity contribution is 5.83. The van der Waals surface area contributed by atoms with Gasteiger partial charge in [-0.25, -0.2) is 0 Å². The van der Waals surface area contributed by atoms with Gasteiger partial charge in [-0.15, -0.1) is 0 Å². The van der Waals surface area contributed by atoms with Crippen LogP contribution in [-0.2, 0) is 4.79 Å². The molecule has 3 unspecified atom stereocenters. The van der Waals surface area contributed by atoms with E-state index in [0.717, 1.165) is 19.4 Å². The Bertz CT molecular complexity index is 205. The predicted octanol–water partition coefficient (Wildman–Crippen LogP) is 1.59. The van der Waals surface area contributed by atoms with Gasteiger partial charge in [0.1, 0.15) is 0 Å². The highest BCUT2D eigenvalue weighted by Gasteiger charge is 2.35. The molecule has 1 amide bonds. The zero-order valence-corrected chi connectivity index (χ0v) is 9.71. The van der Waals surface area contributed by atoms with Crippen molar-refractivity contribution in [3.8, 4) is 0 Å². The number of rotatable bonds is 4. The van der Waals surface area contributed by atoms with Gasteiger partial charge in [0.15, 0.2) is 0 Å². The van der Waals surface area contributed by atoms with Crippen LogP contribution in [0.15, 0.2) is 0 Å². The van der Waals surface area contributed by atoms with Gasteiger partial charge in [-0.3, -0.25) is 10.1 Å². The first-order valence-corrected chi connectivity index (χ1v) is 5.66. The molecular weight excluding hydrogens is 176 g/mol. The Morgan fingerprint density at radius 3 is 2.64 bits per heavy atom. The number of amides is 1. The topological polar surface area (TPSA) is 32.3 Å². The van der Waals surface area contributed by atoms with E-state index in [2.05, 4.69) is 26.1 Å². The van der Waals surface area contributed by atoms with Crippen LogP contribution in [0.25, 0.3) is 0 Å². The number of nitrogens with one attached hydrogen (secondary N) is 1. The third kappa shape index (κ3) is 2.27. The molecule has 1 aliphatic rings. The normalized spacial score (nSPS) is 29.7. The van der Waals surface area contributed by atoms with Crippen molar-refractivity contribution in [2.24, 2.45) is 5.92 Å². The fourth-order valence-electron chi connectivity index (χ4n) is 1.87. The summed E-state index contributed by atoms with van der Waals surface area (Å²) in [5, 5.41) is 3.31. The third-order valence-corrected chi connectivity index (χ3v) is 3.06. The van der Waals surface area contributed by atoms with Gasteiger partial charge in [0.05, 0.1) is 12.2 Å². The van der Waals surface area contributed by atoms with Gasteiger partial charge in [0, 0.05) is 6.54 Å². The first-order valence-electron chi connectivity index (χ1n) is 5.66. The van der Waals surface area contributed by atoms with E-state index in [1.54, 1.807) is 0 Å². The molecule has 1 saturated heterocycles. The Kier molecular flexibility index (Phi) is 3.93. The van der Waals surface area contributed by atoms with Gasteiger partial charge < -0.3 is 4.90 Å². The minimum Gasteiger partial charge on any atom is -0.326 e. The predicted molar refractivity (Wildman–Crippen MR) is 57.8 cm³/mol. The van der Waals surface area contributed by atoms with Crippen molar-refractivity contribution in [1.82, 2.24) is 10.2 Å². The summed E-state index contributed by atoms with van der Waals surface area (Å²) in [5.74, 6) is 0.859. The first kappa shape index (κ1) is 11.5. The Morgan fingerprint density at radius 2 is 2.14 bits per heavy atom. The van der Waals surface area contributed by atoms with E-state index < -0.39 is 0 Å². The van der Waals surface area contributed by atoms with Crippen LogP contribution in [0, 0.1) is 5.92 Å². The molecule has 0 saturated carbocycles. The van der Waals surface area contributed by atoms with Crippen molar-refractivity contribution in [2.45, 2.75) is 52.7 Å². The monoisotopic (exact) mass is 198 g/mol. The molecule has 1 heterocycles. The molecule has 0 spiro atoms. The fraction of sp³-hybridized carbons (Fsp3) is 0.909. The van der Waals surface area contributed by atoms with Crippen LogP contribution in [0.5, 0.6) is 0 Å². The number of carbonyl (C=O) groups excluding carboxylic acids is 1. The summed E-state index contributed by atoms with van der Waals surface area (Å²) in [6.45, 7) is 9.32. The van der Waals surface area contributed by atoms with Crippen LogP contribution >= 0.6 is 0 Å². The average molecular weight is 198 g/mol. The molecule has 3 nitrogen and oxygen atoms in total.